The van der Waals surface area contributed by atoms with Gasteiger partial charge in [0.1, 0.15) is 12.4 Å². The second-order valence-corrected chi connectivity index (χ2v) is 5.99. The summed E-state index contributed by atoms with van der Waals surface area (Å²) in [5.74, 6) is 0.282. The second kappa shape index (κ2) is 8.29. The summed E-state index contributed by atoms with van der Waals surface area (Å²) in [6.45, 7) is 1.03. The second-order valence-electron chi connectivity index (χ2n) is 5.99. The van der Waals surface area contributed by atoms with Crippen molar-refractivity contribution >= 4 is 17.7 Å². The summed E-state index contributed by atoms with van der Waals surface area (Å²) in [5.41, 5.74) is 1.34. The van der Waals surface area contributed by atoms with Gasteiger partial charge < -0.3 is 10.1 Å². The number of ether oxygens (including phenoxy) is 1. The molecule has 3 amide bonds. The van der Waals surface area contributed by atoms with Crippen LogP contribution in [0, 0.1) is 0 Å². The molecule has 1 aliphatic heterocycles. The quantitative estimate of drug-likeness (QED) is 0.612. The summed E-state index contributed by atoms with van der Waals surface area (Å²) in [7, 11) is 0. The molecule has 0 bridgehead atoms. The average Bonchev–Trinajstić information content (AvgIpc) is 2.98. The number of nitrogens with zero attached hydrogens (tertiary/aromatic N) is 1. The molecule has 134 valence electrons. The smallest absolute Gasteiger partial charge is 0.251 e. The van der Waals surface area contributed by atoms with Gasteiger partial charge in [-0.15, -0.1) is 0 Å². The number of imide groups is 1. The first-order valence-electron chi connectivity index (χ1n) is 8.51. The minimum atomic E-state index is -0.193. The predicted molar refractivity (Wildman–Crippen MR) is 95.5 cm³/mol. The molecule has 1 saturated heterocycles. The first kappa shape index (κ1) is 17.7. The van der Waals surface area contributed by atoms with Crippen molar-refractivity contribution in [2.24, 2.45) is 0 Å². The molecule has 0 unspecified atom stereocenters. The van der Waals surface area contributed by atoms with E-state index in [1.165, 1.54) is 4.90 Å². The summed E-state index contributed by atoms with van der Waals surface area (Å²) in [6.07, 6.45) is 0.564. The van der Waals surface area contributed by atoms with Gasteiger partial charge in [-0.3, -0.25) is 19.3 Å². The third-order valence-electron chi connectivity index (χ3n) is 4.11. The van der Waals surface area contributed by atoms with Gasteiger partial charge in [0.15, 0.2) is 0 Å². The lowest BCUT2D eigenvalue weighted by molar-refractivity contribution is -0.139. The van der Waals surface area contributed by atoms with E-state index in [1.807, 2.05) is 30.3 Å². The number of hydrogen-bond acceptors (Lipinski definition) is 4. The van der Waals surface area contributed by atoms with E-state index >= 15 is 0 Å². The normalized spacial score (nSPS) is 13.8. The predicted octanol–water partition coefficient (Wildman–Crippen LogP) is 2.14. The highest BCUT2D eigenvalue weighted by molar-refractivity contribution is 6.01. The van der Waals surface area contributed by atoms with Gasteiger partial charge in [-0.05, 0) is 29.8 Å². The van der Waals surface area contributed by atoms with E-state index in [2.05, 4.69) is 5.32 Å². The molecule has 6 heteroatoms. The van der Waals surface area contributed by atoms with Crippen LogP contribution in [0.25, 0.3) is 0 Å². The molecule has 1 heterocycles. The van der Waals surface area contributed by atoms with Crippen molar-refractivity contribution in [1.29, 1.82) is 0 Å². The maximum Gasteiger partial charge on any atom is 0.251 e. The Bertz CT molecular complexity index is 771. The number of carbonyl (C=O) groups excluding carboxylic acids is 3. The molecular formula is C20H20N2O4. The number of likely N-dealkylation sites (tertiary alicyclic amines) is 1. The molecule has 0 spiro atoms. The van der Waals surface area contributed by atoms with Gasteiger partial charge in [-0.2, -0.15) is 0 Å². The average molecular weight is 352 g/mol. The molecule has 2 aromatic carbocycles. The lowest BCUT2D eigenvalue weighted by Crippen LogP contribution is -2.29. The van der Waals surface area contributed by atoms with E-state index in [9.17, 15) is 14.4 Å². The van der Waals surface area contributed by atoms with E-state index in [0.29, 0.717) is 18.7 Å². The Kier molecular flexibility index (Phi) is 5.63. The van der Waals surface area contributed by atoms with E-state index in [0.717, 1.165) is 11.3 Å². The fourth-order valence-corrected chi connectivity index (χ4v) is 2.70. The standard InChI is InChI=1S/C20H20N2O4/c23-18-10-11-19(24)22(18)14-15-6-8-16(9-7-15)20(25)21-12-13-26-17-4-2-1-3-5-17/h1-9H,10-14H2,(H,21,25). The van der Waals surface area contributed by atoms with Gasteiger partial charge in [0.05, 0.1) is 13.1 Å². The van der Waals surface area contributed by atoms with Gasteiger partial charge in [0.2, 0.25) is 11.8 Å². The Morgan fingerprint density at radius 2 is 1.62 bits per heavy atom. The summed E-state index contributed by atoms with van der Waals surface area (Å²) in [5, 5.41) is 2.79. The van der Waals surface area contributed by atoms with Crippen molar-refractivity contribution in [3.63, 3.8) is 0 Å². The van der Waals surface area contributed by atoms with Crippen LogP contribution >= 0.6 is 0 Å². The van der Waals surface area contributed by atoms with Gasteiger partial charge in [0.25, 0.3) is 5.91 Å². The number of para-hydroxylation sites is 1. The zero-order chi connectivity index (χ0) is 18.4. The maximum absolute atomic E-state index is 12.1. The highest BCUT2D eigenvalue weighted by Crippen LogP contribution is 2.16. The van der Waals surface area contributed by atoms with Gasteiger partial charge in [-0.25, -0.2) is 0 Å². The van der Waals surface area contributed by atoms with Crippen LogP contribution in [0.4, 0.5) is 0 Å². The topological polar surface area (TPSA) is 75.7 Å². The van der Waals surface area contributed by atoms with E-state index in [1.54, 1.807) is 24.3 Å². The monoisotopic (exact) mass is 352 g/mol. The summed E-state index contributed by atoms with van der Waals surface area (Å²) >= 11 is 0. The highest BCUT2D eigenvalue weighted by atomic mass is 16.5. The molecule has 1 fully saturated rings. The van der Waals surface area contributed by atoms with Crippen molar-refractivity contribution in [1.82, 2.24) is 10.2 Å². The molecule has 1 aliphatic rings. The lowest BCUT2D eigenvalue weighted by atomic mass is 10.1. The summed E-state index contributed by atoms with van der Waals surface area (Å²) < 4.78 is 5.52. The largest absolute Gasteiger partial charge is 0.492 e. The first-order valence-corrected chi connectivity index (χ1v) is 8.51. The molecule has 2 aromatic rings. The number of rotatable bonds is 7. The number of carbonyl (C=O) groups is 3. The van der Waals surface area contributed by atoms with Gasteiger partial charge in [0, 0.05) is 18.4 Å². The first-order chi connectivity index (χ1) is 12.6. The zero-order valence-corrected chi connectivity index (χ0v) is 14.3. The number of amides is 3. The van der Waals surface area contributed by atoms with E-state index < -0.39 is 0 Å². The molecule has 3 rings (SSSR count). The fraction of sp³-hybridized carbons (Fsp3) is 0.250. The molecule has 0 atom stereocenters. The van der Waals surface area contributed by atoms with Crippen molar-refractivity contribution in [2.75, 3.05) is 13.2 Å². The van der Waals surface area contributed by atoms with Gasteiger partial charge >= 0.3 is 0 Å². The van der Waals surface area contributed by atoms with E-state index in [4.69, 9.17) is 4.74 Å². The Hall–Kier alpha value is -3.15. The Morgan fingerprint density at radius 1 is 0.962 bits per heavy atom. The van der Waals surface area contributed by atoms with Crippen LogP contribution in [0.1, 0.15) is 28.8 Å². The molecule has 26 heavy (non-hydrogen) atoms. The number of benzene rings is 2. The van der Waals surface area contributed by atoms with Crippen LogP contribution in [-0.2, 0) is 16.1 Å². The number of hydrogen-bond donors (Lipinski definition) is 1. The minimum absolute atomic E-state index is 0.143. The lowest BCUT2D eigenvalue weighted by Gasteiger charge is -2.14. The van der Waals surface area contributed by atoms with Crippen LogP contribution in [0.2, 0.25) is 0 Å². The molecule has 6 nitrogen and oxygen atoms in total. The minimum Gasteiger partial charge on any atom is -0.492 e. The Labute approximate surface area is 151 Å². The fourth-order valence-electron chi connectivity index (χ4n) is 2.70. The third-order valence-corrected chi connectivity index (χ3v) is 4.11. The summed E-state index contributed by atoms with van der Waals surface area (Å²) in [4.78, 5) is 36.7. The van der Waals surface area contributed by atoms with Crippen LogP contribution in [0.5, 0.6) is 5.75 Å². The van der Waals surface area contributed by atoms with Gasteiger partial charge in [-0.1, -0.05) is 30.3 Å². The van der Waals surface area contributed by atoms with Crippen LogP contribution in [0.15, 0.2) is 54.6 Å². The molecule has 1 N–H and O–H groups in total. The molecule has 0 aromatic heterocycles. The highest BCUT2D eigenvalue weighted by Gasteiger charge is 2.28. The van der Waals surface area contributed by atoms with Crippen LogP contribution in [-0.4, -0.2) is 35.8 Å². The van der Waals surface area contributed by atoms with Crippen molar-refractivity contribution in [3.8, 4) is 5.75 Å². The Morgan fingerprint density at radius 3 is 2.27 bits per heavy atom. The zero-order valence-electron chi connectivity index (χ0n) is 14.3. The molecule has 0 aliphatic carbocycles. The summed E-state index contributed by atoms with van der Waals surface area (Å²) in [6, 6.07) is 16.3. The maximum atomic E-state index is 12.1. The van der Waals surface area contributed by atoms with Crippen molar-refractivity contribution in [2.45, 2.75) is 19.4 Å². The van der Waals surface area contributed by atoms with Crippen molar-refractivity contribution in [3.05, 3.63) is 65.7 Å². The SMILES string of the molecule is O=C(NCCOc1ccccc1)c1ccc(CN2C(=O)CCC2=O)cc1. The third kappa shape index (κ3) is 4.47. The number of nitrogens with one attached hydrogen (secondary N) is 1. The Balaban J connectivity index is 1.46. The van der Waals surface area contributed by atoms with Crippen LogP contribution < -0.4 is 10.1 Å². The molecule has 0 saturated carbocycles. The molecule has 0 radical (unpaired) electrons. The van der Waals surface area contributed by atoms with E-state index in [-0.39, 0.29) is 37.1 Å². The van der Waals surface area contributed by atoms with Crippen LogP contribution in [0.3, 0.4) is 0 Å². The molecular weight excluding hydrogens is 332 g/mol. The van der Waals surface area contributed by atoms with Crippen molar-refractivity contribution < 1.29 is 19.1 Å².